The van der Waals surface area contributed by atoms with Crippen molar-refractivity contribution in [1.82, 2.24) is 5.32 Å². The van der Waals surface area contributed by atoms with Crippen LogP contribution in [0, 0.1) is 0 Å². The van der Waals surface area contributed by atoms with Crippen molar-refractivity contribution >= 4 is 34.5 Å². The van der Waals surface area contributed by atoms with Crippen molar-refractivity contribution in [3.05, 3.63) is 56.2 Å². The van der Waals surface area contributed by atoms with Crippen LogP contribution in [0.1, 0.15) is 23.4 Å². The molecule has 90 valence electrons. The van der Waals surface area contributed by atoms with Crippen LogP contribution in [0.25, 0.3) is 0 Å². The zero-order chi connectivity index (χ0) is 12.3. The number of hydrogen-bond acceptors (Lipinski definition) is 2. The number of rotatable bonds is 4. The standard InChI is InChI=1S/C13H13Cl2NS/c1-9(10-2-4-11(14)5-3-10)16-8-13-12(15)6-7-17-13/h2-7,9,16H,8H2,1H3/t9-/m1/s1. The summed E-state index contributed by atoms with van der Waals surface area (Å²) in [4.78, 5) is 1.17. The Morgan fingerprint density at radius 1 is 1.18 bits per heavy atom. The fourth-order valence-electron chi connectivity index (χ4n) is 1.57. The molecule has 1 heterocycles. The monoisotopic (exact) mass is 285 g/mol. The second kappa shape index (κ2) is 5.87. The third kappa shape index (κ3) is 3.46. The van der Waals surface area contributed by atoms with Gasteiger partial charge in [0, 0.05) is 22.5 Å². The maximum absolute atomic E-state index is 6.04. The molecule has 1 atom stereocenters. The molecule has 0 fully saturated rings. The maximum atomic E-state index is 6.04. The number of hydrogen-bond donors (Lipinski definition) is 1. The van der Waals surface area contributed by atoms with Gasteiger partial charge in [-0.1, -0.05) is 35.3 Å². The highest BCUT2D eigenvalue weighted by Crippen LogP contribution is 2.23. The van der Waals surface area contributed by atoms with Crippen LogP contribution >= 0.6 is 34.5 Å². The molecule has 0 aliphatic rings. The SMILES string of the molecule is C[C@@H](NCc1sccc1Cl)c1ccc(Cl)cc1. The third-order valence-corrected chi connectivity index (χ3v) is 4.27. The highest BCUT2D eigenvalue weighted by atomic mass is 35.5. The second-order valence-electron chi connectivity index (χ2n) is 3.85. The van der Waals surface area contributed by atoms with Gasteiger partial charge in [0.1, 0.15) is 0 Å². The first-order chi connectivity index (χ1) is 8.16. The molecule has 4 heteroatoms. The van der Waals surface area contributed by atoms with Gasteiger partial charge in [-0.2, -0.15) is 0 Å². The Kier molecular flexibility index (Phi) is 4.46. The van der Waals surface area contributed by atoms with Crippen molar-refractivity contribution in [2.45, 2.75) is 19.5 Å². The summed E-state index contributed by atoms with van der Waals surface area (Å²) in [6.07, 6.45) is 0. The summed E-state index contributed by atoms with van der Waals surface area (Å²) < 4.78 is 0. The zero-order valence-electron chi connectivity index (χ0n) is 9.41. The van der Waals surface area contributed by atoms with Crippen molar-refractivity contribution in [2.75, 3.05) is 0 Å². The molecule has 0 saturated carbocycles. The van der Waals surface area contributed by atoms with E-state index in [9.17, 15) is 0 Å². The molecule has 0 spiro atoms. The lowest BCUT2D eigenvalue weighted by Gasteiger charge is -2.13. The molecule has 1 N–H and O–H groups in total. The van der Waals surface area contributed by atoms with E-state index >= 15 is 0 Å². The smallest absolute Gasteiger partial charge is 0.0558 e. The predicted molar refractivity (Wildman–Crippen MR) is 76.0 cm³/mol. The molecule has 0 bridgehead atoms. The summed E-state index contributed by atoms with van der Waals surface area (Å²) in [5.41, 5.74) is 1.22. The van der Waals surface area contributed by atoms with Crippen molar-refractivity contribution in [2.24, 2.45) is 0 Å². The van der Waals surface area contributed by atoms with Crippen LogP contribution in [0.3, 0.4) is 0 Å². The second-order valence-corrected chi connectivity index (χ2v) is 5.69. The van der Waals surface area contributed by atoms with Gasteiger partial charge in [0.2, 0.25) is 0 Å². The number of halogens is 2. The zero-order valence-corrected chi connectivity index (χ0v) is 11.7. The van der Waals surface area contributed by atoms with E-state index in [0.29, 0.717) is 0 Å². The quantitative estimate of drug-likeness (QED) is 0.842. The van der Waals surface area contributed by atoms with Gasteiger partial charge in [0.15, 0.2) is 0 Å². The Morgan fingerprint density at radius 3 is 2.47 bits per heavy atom. The van der Waals surface area contributed by atoms with Crippen LogP contribution in [0.2, 0.25) is 10.0 Å². The minimum Gasteiger partial charge on any atom is -0.305 e. The highest BCUT2D eigenvalue weighted by Gasteiger charge is 2.07. The molecule has 1 aromatic heterocycles. The van der Waals surface area contributed by atoms with E-state index in [1.54, 1.807) is 11.3 Å². The molecule has 0 aliphatic heterocycles. The Bertz CT molecular complexity index is 478. The summed E-state index contributed by atoms with van der Waals surface area (Å²) >= 11 is 13.6. The van der Waals surface area contributed by atoms with Gasteiger partial charge in [0.05, 0.1) is 5.02 Å². The Morgan fingerprint density at radius 2 is 1.88 bits per heavy atom. The van der Waals surface area contributed by atoms with E-state index < -0.39 is 0 Å². The first-order valence-electron chi connectivity index (χ1n) is 5.37. The molecule has 0 radical (unpaired) electrons. The van der Waals surface area contributed by atoms with E-state index in [-0.39, 0.29) is 6.04 Å². The van der Waals surface area contributed by atoms with E-state index in [1.807, 2.05) is 35.7 Å². The fraction of sp³-hybridized carbons (Fsp3) is 0.231. The molecule has 1 nitrogen and oxygen atoms in total. The molecule has 0 saturated heterocycles. The number of thiophene rings is 1. The van der Waals surface area contributed by atoms with Crippen LogP contribution in [0.5, 0.6) is 0 Å². The van der Waals surface area contributed by atoms with E-state index in [0.717, 1.165) is 16.6 Å². The minimum absolute atomic E-state index is 0.283. The van der Waals surface area contributed by atoms with Crippen LogP contribution in [0.4, 0.5) is 0 Å². The fourth-order valence-corrected chi connectivity index (χ4v) is 2.75. The van der Waals surface area contributed by atoms with Gasteiger partial charge in [-0.15, -0.1) is 11.3 Å². The summed E-state index contributed by atoms with van der Waals surface area (Å²) in [6, 6.07) is 10.1. The molecule has 2 rings (SSSR count). The average molecular weight is 286 g/mol. The van der Waals surface area contributed by atoms with E-state index in [4.69, 9.17) is 23.2 Å². The largest absolute Gasteiger partial charge is 0.305 e. The van der Waals surface area contributed by atoms with Crippen LogP contribution in [-0.2, 0) is 6.54 Å². The van der Waals surface area contributed by atoms with Crippen LogP contribution < -0.4 is 5.32 Å². The Hall–Kier alpha value is -0.540. The summed E-state index contributed by atoms with van der Waals surface area (Å²) in [7, 11) is 0. The maximum Gasteiger partial charge on any atom is 0.0558 e. The third-order valence-electron chi connectivity index (χ3n) is 2.63. The first kappa shape index (κ1) is 12.9. The van der Waals surface area contributed by atoms with Gasteiger partial charge in [-0.3, -0.25) is 0 Å². The predicted octanol–water partition coefficient (Wildman–Crippen LogP) is 4.91. The molecule has 2 aromatic rings. The molecule has 1 aromatic carbocycles. The van der Waals surface area contributed by atoms with Gasteiger partial charge in [-0.05, 0) is 36.1 Å². The van der Waals surface area contributed by atoms with Crippen molar-refractivity contribution in [3.8, 4) is 0 Å². The lowest BCUT2D eigenvalue weighted by atomic mass is 10.1. The molecular weight excluding hydrogens is 273 g/mol. The van der Waals surface area contributed by atoms with Crippen LogP contribution in [0.15, 0.2) is 35.7 Å². The first-order valence-corrected chi connectivity index (χ1v) is 7.01. The minimum atomic E-state index is 0.283. The Balaban J connectivity index is 1.95. The number of benzene rings is 1. The van der Waals surface area contributed by atoms with Crippen LogP contribution in [-0.4, -0.2) is 0 Å². The van der Waals surface area contributed by atoms with E-state index in [2.05, 4.69) is 12.2 Å². The molecule has 0 unspecified atom stereocenters. The van der Waals surface area contributed by atoms with Crippen molar-refractivity contribution in [1.29, 1.82) is 0 Å². The molecule has 0 amide bonds. The highest BCUT2D eigenvalue weighted by molar-refractivity contribution is 7.10. The lowest BCUT2D eigenvalue weighted by molar-refractivity contribution is 0.579. The topological polar surface area (TPSA) is 12.0 Å². The lowest BCUT2D eigenvalue weighted by Crippen LogP contribution is -2.17. The van der Waals surface area contributed by atoms with Gasteiger partial charge in [-0.25, -0.2) is 0 Å². The van der Waals surface area contributed by atoms with Crippen molar-refractivity contribution < 1.29 is 0 Å². The Labute approximate surface area is 115 Å². The summed E-state index contributed by atoms with van der Waals surface area (Å²) in [6.45, 7) is 2.92. The van der Waals surface area contributed by atoms with Gasteiger partial charge >= 0.3 is 0 Å². The summed E-state index contributed by atoms with van der Waals surface area (Å²) in [5.74, 6) is 0. The average Bonchev–Trinajstić information content (AvgIpc) is 2.73. The molecule has 17 heavy (non-hydrogen) atoms. The van der Waals surface area contributed by atoms with Gasteiger partial charge < -0.3 is 5.32 Å². The number of nitrogens with one attached hydrogen (secondary N) is 1. The normalized spacial score (nSPS) is 12.6. The molecule has 0 aliphatic carbocycles. The van der Waals surface area contributed by atoms with Crippen molar-refractivity contribution in [3.63, 3.8) is 0 Å². The van der Waals surface area contributed by atoms with Gasteiger partial charge in [0.25, 0.3) is 0 Å². The molecular formula is C13H13Cl2NS. The van der Waals surface area contributed by atoms with E-state index in [1.165, 1.54) is 10.4 Å². The summed E-state index contributed by atoms with van der Waals surface area (Å²) in [5, 5.41) is 7.06.